The maximum absolute atomic E-state index is 13.0. The highest BCUT2D eigenvalue weighted by atomic mass is 79.9. The van der Waals surface area contributed by atoms with Gasteiger partial charge in [-0.05, 0) is 61.7 Å². The number of carbonyl (C=O) groups is 2. The minimum absolute atomic E-state index is 0.226. The van der Waals surface area contributed by atoms with Gasteiger partial charge in [-0.2, -0.15) is 0 Å². The second kappa shape index (κ2) is 7.63. The minimum atomic E-state index is -1.05. The number of aromatic nitrogens is 1. The molecule has 0 bridgehead atoms. The Morgan fingerprint density at radius 1 is 1.29 bits per heavy atom. The number of rotatable bonds is 4. The van der Waals surface area contributed by atoms with E-state index in [2.05, 4.69) is 20.9 Å². The molecule has 1 aromatic heterocycles. The SMILES string of the molecule is CC(C)(C)OC(=O)N1CC(OCC(=O)O)(c2ccc(Br)cn2)CC12CCCC2. The Kier molecular flexibility index (Phi) is 5.74. The van der Waals surface area contributed by atoms with Crippen LogP contribution in [0.3, 0.4) is 0 Å². The molecule has 1 saturated heterocycles. The molecule has 1 N–H and O–H groups in total. The van der Waals surface area contributed by atoms with Crippen molar-refractivity contribution in [2.75, 3.05) is 13.2 Å². The fourth-order valence-electron chi connectivity index (χ4n) is 4.35. The molecule has 28 heavy (non-hydrogen) atoms. The largest absolute Gasteiger partial charge is 0.480 e. The molecule has 8 heteroatoms. The number of hydrogen-bond donors (Lipinski definition) is 1. The maximum atomic E-state index is 13.0. The zero-order valence-electron chi connectivity index (χ0n) is 16.5. The molecule has 0 radical (unpaired) electrons. The van der Waals surface area contributed by atoms with Gasteiger partial charge in [0.05, 0.1) is 12.2 Å². The zero-order valence-corrected chi connectivity index (χ0v) is 18.1. The molecule has 2 fully saturated rings. The number of halogens is 1. The molecule has 1 aromatic rings. The molecule has 1 unspecified atom stereocenters. The van der Waals surface area contributed by atoms with Crippen LogP contribution in [0.4, 0.5) is 4.79 Å². The van der Waals surface area contributed by atoms with Crippen LogP contribution < -0.4 is 0 Å². The quantitative estimate of drug-likeness (QED) is 0.736. The molecule has 154 valence electrons. The minimum Gasteiger partial charge on any atom is -0.480 e. The van der Waals surface area contributed by atoms with Crippen LogP contribution in [-0.4, -0.2) is 51.3 Å². The van der Waals surface area contributed by atoms with Gasteiger partial charge in [0.2, 0.25) is 0 Å². The second-order valence-electron chi connectivity index (χ2n) is 8.71. The van der Waals surface area contributed by atoms with Gasteiger partial charge in [-0.15, -0.1) is 0 Å². The summed E-state index contributed by atoms with van der Waals surface area (Å²) in [6.45, 7) is 5.30. The Morgan fingerprint density at radius 2 is 1.96 bits per heavy atom. The van der Waals surface area contributed by atoms with Crippen molar-refractivity contribution in [2.24, 2.45) is 0 Å². The number of carboxylic acid groups (broad SMARTS) is 1. The van der Waals surface area contributed by atoms with Gasteiger partial charge < -0.3 is 14.6 Å². The van der Waals surface area contributed by atoms with Gasteiger partial charge in [-0.25, -0.2) is 9.59 Å². The zero-order chi connectivity index (χ0) is 20.6. The van der Waals surface area contributed by atoms with Crippen molar-refractivity contribution in [2.45, 2.75) is 69.6 Å². The number of nitrogens with zero attached hydrogens (tertiary/aromatic N) is 2. The first-order valence-corrected chi connectivity index (χ1v) is 10.3. The van der Waals surface area contributed by atoms with Gasteiger partial charge >= 0.3 is 12.1 Å². The smallest absolute Gasteiger partial charge is 0.410 e. The van der Waals surface area contributed by atoms with E-state index in [1.807, 2.05) is 32.9 Å². The molecule has 3 rings (SSSR count). The molecule has 7 nitrogen and oxygen atoms in total. The normalized spacial score (nSPS) is 23.9. The van der Waals surface area contributed by atoms with E-state index in [1.54, 1.807) is 11.1 Å². The summed E-state index contributed by atoms with van der Waals surface area (Å²) in [5.41, 5.74) is -1.34. The Balaban J connectivity index is 1.99. The van der Waals surface area contributed by atoms with E-state index in [0.29, 0.717) is 12.1 Å². The third-order valence-electron chi connectivity index (χ3n) is 5.42. The van der Waals surface area contributed by atoms with Crippen molar-refractivity contribution < 1.29 is 24.2 Å². The predicted molar refractivity (Wildman–Crippen MR) is 106 cm³/mol. The van der Waals surface area contributed by atoms with Gasteiger partial charge in [0.15, 0.2) is 0 Å². The number of likely N-dealkylation sites (tertiary alicyclic amines) is 1. The molecule has 1 aliphatic heterocycles. The van der Waals surface area contributed by atoms with E-state index in [9.17, 15) is 14.7 Å². The van der Waals surface area contributed by atoms with Gasteiger partial charge in [-0.3, -0.25) is 9.88 Å². The lowest BCUT2D eigenvalue weighted by Crippen LogP contribution is -2.47. The van der Waals surface area contributed by atoms with Crippen molar-refractivity contribution in [1.82, 2.24) is 9.88 Å². The lowest BCUT2D eigenvalue weighted by molar-refractivity contribution is -0.150. The average Bonchev–Trinajstić information content (AvgIpc) is 3.18. The number of ether oxygens (including phenoxy) is 2. The van der Waals surface area contributed by atoms with E-state index < -0.39 is 29.3 Å². The molecule has 1 amide bonds. The van der Waals surface area contributed by atoms with Gasteiger partial charge in [0.25, 0.3) is 0 Å². The van der Waals surface area contributed by atoms with Crippen molar-refractivity contribution in [3.05, 3.63) is 28.5 Å². The number of carboxylic acids is 1. The maximum Gasteiger partial charge on any atom is 0.410 e. The highest BCUT2D eigenvalue weighted by Gasteiger charge is 2.59. The molecule has 1 spiro atoms. The average molecular weight is 455 g/mol. The molecule has 2 aliphatic rings. The molecular weight excluding hydrogens is 428 g/mol. The van der Waals surface area contributed by atoms with E-state index in [4.69, 9.17) is 9.47 Å². The summed E-state index contributed by atoms with van der Waals surface area (Å²) in [5.74, 6) is -1.05. The van der Waals surface area contributed by atoms with Crippen LogP contribution in [0, 0.1) is 0 Å². The fraction of sp³-hybridized carbons (Fsp3) is 0.650. The Hall–Kier alpha value is -1.67. The van der Waals surface area contributed by atoms with Crippen LogP contribution in [0.1, 0.15) is 58.6 Å². The predicted octanol–water partition coefficient (Wildman–Crippen LogP) is 4.09. The number of aliphatic carboxylic acids is 1. The van der Waals surface area contributed by atoms with E-state index in [1.165, 1.54) is 0 Å². The summed E-state index contributed by atoms with van der Waals surface area (Å²) < 4.78 is 12.4. The summed E-state index contributed by atoms with van der Waals surface area (Å²) in [6, 6.07) is 3.68. The van der Waals surface area contributed by atoms with Crippen molar-refractivity contribution in [3.8, 4) is 0 Å². The first-order valence-electron chi connectivity index (χ1n) is 9.54. The summed E-state index contributed by atoms with van der Waals surface area (Å²) in [4.78, 5) is 30.5. The topological polar surface area (TPSA) is 89.0 Å². The highest BCUT2D eigenvalue weighted by Crippen LogP contribution is 2.52. The standard InChI is InChI=1S/C20H27BrN2O5/c1-18(2,3)28-17(26)23-13-20(27-11-16(24)25,12-19(23)8-4-5-9-19)15-7-6-14(21)10-22-15/h6-7,10H,4-5,8-9,11-13H2,1-3H3,(H,24,25). The lowest BCUT2D eigenvalue weighted by atomic mass is 9.86. The van der Waals surface area contributed by atoms with Crippen LogP contribution in [0.15, 0.2) is 22.8 Å². The molecule has 1 atom stereocenters. The number of hydrogen-bond acceptors (Lipinski definition) is 5. The van der Waals surface area contributed by atoms with Crippen LogP contribution in [-0.2, 0) is 19.9 Å². The first kappa shape index (κ1) is 21.0. The molecule has 0 aromatic carbocycles. The van der Waals surface area contributed by atoms with Gasteiger partial charge in [-0.1, -0.05) is 12.8 Å². The highest BCUT2D eigenvalue weighted by molar-refractivity contribution is 9.10. The van der Waals surface area contributed by atoms with Crippen LogP contribution in [0.25, 0.3) is 0 Å². The number of carbonyl (C=O) groups excluding carboxylic acids is 1. The molecule has 2 heterocycles. The second-order valence-corrected chi connectivity index (χ2v) is 9.63. The first-order chi connectivity index (χ1) is 13.1. The van der Waals surface area contributed by atoms with Crippen molar-refractivity contribution >= 4 is 28.0 Å². The molecule has 1 aliphatic carbocycles. The number of pyridine rings is 1. The Morgan fingerprint density at radius 3 is 2.50 bits per heavy atom. The van der Waals surface area contributed by atoms with E-state index in [0.717, 1.165) is 30.2 Å². The van der Waals surface area contributed by atoms with Crippen molar-refractivity contribution in [3.63, 3.8) is 0 Å². The number of amides is 1. The monoisotopic (exact) mass is 454 g/mol. The van der Waals surface area contributed by atoms with Crippen LogP contribution >= 0.6 is 15.9 Å². The summed E-state index contributed by atoms with van der Waals surface area (Å²) in [7, 11) is 0. The third kappa shape index (κ3) is 4.33. The molecule has 1 saturated carbocycles. The van der Waals surface area contributed by atoms with Gasteiger partial charge in [0.1, 0.15) is 17.8 Å². The summed E-state index contributed by atoms with van der Waals surface area (Å²) in [6.07, 6.45) is 5.53. The summed E-state index contributed by atoms with van der Waals surface area (Å²) in [5, 5.41) is 9.21. The van der Waals surface area contributed by atoms with Crippen LogP contribution in [0.5, 0.6) is 0 Å². The van der Waals surface area contributed by atoms with E-state index in [-0.39, 0.29) is 12.6 Å². The van der Waals surface area contributed by atoms with Crippen molar-refractivity contribution in [1.29, 1.82) is 0 Å². The molecular formula is C20H27BrN2O5. The lowest BCUT2D eigenvalue weighted by Gasteiger charge is -2.35. The Bertz CT molecular complexity index is 740. The summed E-state index contributed by atoms with van der Waals surface area (Å²) >= 11 is 3.38. The third-order valence-corrected chi connectivity index (χ3v) is 5.88. The van der Waals surface area contributed by atoms with E-state index >= 15 is 0 Å². The van der Waals surface area contributed by atoms with Gasteiger partial charge in [0, 0.05) is 22.6 Å². The Labute approximate surface area is 173 Å². The van der Waals surface area contributed by atoms with Crippen LogP contribution in [0.2, 0.25) is 0 Å². The fourth-order valence-corrected chi connectivity index (χ4v) is 4.58.